The summed E-state index contributed by atoms with van der Waals surface area (Å²) in [5.41, 5.74) is 7.73. The van der Waals surface area contributed by atoms with E-state index in [4.69, 9.17) is 0 Å². The fraction of sp³-hybridized carbons (Fsp3) is 0.242. The second-order valence-corrected chi connectivity index (χ2v) is 11.1. The van der Waals surface area contributed by atoms with Gasteiger partial charge in [0, 0.05) is 17.7 Å². The number of rotatable bonds is 2. The average molecular weight is 473 g/mol. The molecule has 2 N–H and O–H groups in total. The molecule has 3 heteroatoms. The van der Waals surface area contributed by atoms with Crippen molar-refractivity contribution >= 4 is 27.9 Å². The molecule has 2 atom stereocenters. The molecule has 4 aromatic carbocycles. The molecule has 0 aromatic heterocycles. The number of anilines is 2. The Hall–Kier alpha value is -3.85. The third kappa shape index (κ3) is 3.99. The molecule has 0 spiro atoms. The normalized spacial score (nSPS) is 19.7. The molecule has 2 aliphatic rings. The molecule has 2 unspecified atom stereocenters. The van der Waals surface area contributed by atoms with E-state index in [1.54, 1.807) is 0 Å². The van der Waals surface area contributed by atoms with Gasteiger partial charge in [-0.3, -0.25) is 4.79 Å². The Kier molecular flexibility index (Phi) is 5.44. The van der Waals surface area contributed by atoms with Gasteiger partial charge in [0.05, 0.1) is 17.4 Å². The minimum absolute atomic E-state index is 0.112. The van der Waals surface area contributed by atoms with Crippen LogP contribution in [0.15, 0.2) is 102 Å². The molecule has 6 rings (SSSR count). The molecule has 180 valence electrons. The van der Waals surface area contributed by atoms with Gasteiger partial charge in [-0.15, -0.1) is 0 Å². The molecular weight excluding hydrogens is 440 g/mol. The smallest absolute Gasteiger partial charge is 0.163 e. The van der Waals surface area contributed by atoms with Gasteiger partial charge in [-0.05, 0) is 57.3 Å². The maximum atomic E-state index is 13.9. The summed E-state index contributed by atoms with van der Waals surface area (Å²) in [6.45, 7) is 6.70. The highest BCUT2D eigenvalue weighted by Gasteiger charge is 2.36. The summed E-state index contributed by atoms with van der Waals surface area (Å²) < 4.78 is 0. The van der Waals surface area contributed by atoms with Gasteiger partial charge in [0.1, 0.15) is 0 Å². The van der Waals surface area contributed by atoms with Crippen molar-refractivity contribution in [2.75, 3.05) is 10.6 Å². The van der Waals surface area contributed by atoms with Crippen LogP contribution in [0.5, 0.6) is 0 Å². The molecular formula is C33H32N2O. The van der Waals surface area contributed by atoms with E-state index < -0.39 is 0 Å². The molecule has 36 heavy (non-hydrogen) atoms. The SMILES string of the molecule is CC(C)(C)c1ccc(C2CC(=O)C3=C(C2)Nc2ccccc2NC3c2cccc3ccccc23)cc1. The number of benzene rings is 4. The number of carbonyl (C=O) groups excluding carboxylic acids is 1. The minimum atomic E-state index is -0.209. The quantitative estimate of drug-likeness (QED) is 0.309. The first kappa shape index (κ1) is 22.6. The lowest BCUT2D eigenvalue weighted by atomic mass is 9.77. The van der Waals surface area contributed by atoms with E-state index in [1.165, 1.54) is 21.9 Å². The Morgan fingerprint density at radius 2 is 1.44 bits per heavy atom. The zero-order chi connectivity index (χ0) is 24.9. The summed E-state index contributed by atoms with van der Waals surface area (Å²) in [5.74, 6) is 0.378. The second-order valence-electron chi connectivity index (χ2n) is 11.1. The standard InChI is InChI=1S/C33H32N2O/c1-33(2,3)24-17-15-21(16-18-24)23-19-29-31(30(36)20-23)32(35-28-14-7-6-13-27(28)34-29)26-12-8-10-22-9-4-5-11-25(22)26/h4-18,23,32,34-35H,19-20H2,1-3H3. The number of nitrogens with one attached hydrogen (secondary N) is 2. The van der Waals surface area contributed by atoms with Crippen LogP contribution < -0.4 is 10.6 Å². The molecule has 1 aliphatic carbocycles. The fourth-order valence-electron chi connectivity index (χ4n) is 5.72. The molecule has 1 aliphatic heterocycles. The number of allylic oxidation sites excluding steroid dienone is 1. The highest BCUT2D eigenvalue weighted by atomic mass is 16.1. The zero-order valence-corrected chi connectivity index (χ0v) is 21.1. The van der Waals surface area contributed by atoms with Crippen molar-refractivity contribution in [3.63, 3.8) is 0 Å². The van der Waals surface area contributed by atoms with Crippen molar-refractivity contribution in [2.45, 2.75) is 51.0 Å². The second kappa shape index (κ2) is 8.67. The third-order valence-corrected chi connectivity index (χ3v) is 7.69. The zero-order valence-electron chi connectivity index (χ0n) is 21.1. The van der Waals surface area contributed by atoms with E-state index in [0.717, 1.165) is 34.6 Å². The van der Waals surface area contributed by atoms with E-state index in [1.807, 2.05) is 12.1 Å². The third-order valence-electron chi connectivity index (χ3n) is 7.69. The number of fused-ring (bicyclic) bond motifs is 2. The molecule has 0 saturated heterocycles. The van der Waals surface area contributed by atoms with Gasteiger partial charge in [-0.1, -0.05) is 99.6 Å². The van der Waals surface area contributed by atoms with Crippen molar-refractivity contribution in [1.82, 2.24) is 0 Å². The number of carbonyl (C=O) groups is 1. The number of para-hydroxylation sites is 2. The summed E-state index contributed by atoms with van der Waals surface area (Å²) in [4.78, 5) is 13.9. The molecule has 0 bridgehead atoms. The van der Waals surface area contributed by atoms with Crippen LogP contribution in [-0.4, -0.2) is 5.78 Å². The Labute approximate surface area is 213 Å². The largest absolute Gasteiger partial charge is 0.372 e. The van der Waals surface area contributed by atoms with E-state index in [2.05, 4.69) is 110 Å². The summed E-state index contributed by atoms with van der Waals surface area (Å²) in [5, 5.41) is 9.77. The van der Waals surface area contributed by atoms with Crippen LogP contribution in [0.1, 0.15) is 62.3 Å². The fourth-order valence-corrected chi connectivity index (χ4v) is 5.72. The van der Waals surface area contributed by atoms with Crippen molar-refractivity contribution in [2.24, 2.45) is 0 Å². The highest BCUT2D eigenvalue weighted by Crippen LogP contribution is 2.45. The monoisotopic (exact) mass is 472 g/mol. The van der Waals surface area contributed by atoms with Crippen LogP contribution in [0.25, 0.3) is 10.8 Å². The Bertz CT molecular complexity index is 1490. The summed E-state index contributed by atoms with van der Waals surface area (Å²) in [6, 6.07) is 31.7. The van der Waals surface area contributed by atoms with Gasteiger partial charge in [-0.2, -0.15) is 0 Å². The van der Waals surface area contributed by atoms with Crippen LogP contribution in [-0.2, 0) is 10.2 Å². The Morgan fingerprint density at radius 1 is 0.750 bits per heavy atom. The summed E-state index contributed by atoms with van der Waals surface area (Å²) in [7, 11) is 0. The van der Waals surface area contributed by atoms with Gasteiger partial charge in [0.25, 0.3) is 0 Å². The number of Topliss-reactive ketones (excluding diaryl/α,β-unsaturated/α-hetero) is 1. The number of hydrogen-bond donors (Lipinski definition) is 2. The van der Waals surface area contributed by atoms with Crippen LogP contribution >= 0.6 is 0 Å². The molecule has 3 nitrogen and oxygen atoms in total. The van der Waals surface area contributed by atoms with Crippen molar-refractivity contribution in [3.8, 4) is 0 Å². The van der Waals surface area contributed by atoms with Crippen LogP contribution in [0.3, 0.4) is 0 Å². The predicted octanol–water partition coefficient (Wildman–Crippen LogP) is 8.12. The van der Waals surface area contributed by atoms with E-state index in [9.17, 15) is 4.79 Å². The van der Waals surface area contributed by atoms with Gasteiger partial charge in [-0.25, -0.2) is 0 Å². The Morgan fingerprint density at radius 3 is 2.22 bits per heavy atom. The maximum absolute atomic E-state index is 13.9. The van der Waals surface area contributed by atoms with Crippen LogP contribution in [0, 0.1) is 0 Å². The van der Waals surface area contributed by atoms with E-state index in [0.29, 0.717) is 6.42 Å². The van der Waals surface area contributed by atoms with E-state index in [-0.39, 0.29) is 23.2 Å². The maximum Gasteiger partial charge on any atom is 0.163 e. The lowest BCUT2D eigenvalue weighted by molar-refractivity contribution is -0.116. The first-order chi connectivity index (χ1) is 17.4. The lowest BCUT2D eigenvalue weighted by Crippen LogP contribution is -2.27. The first-order valence-corrected chi connectivity index (χ1v) is 12.9. The number of ketones is 1. The van der Waals surface area contributed by atoms with Gasteiger partial charge < -0.3 is 10.6 Å². The molecule has 1 heterocycles. The summed E-state index contributed by atoms with van der Waals surface area (Å²) >= 11 is 0. The minimum Gasteiger partial charge on any atom is -0.372 e. The average Bonchev–Trinajstić information content (AvgIpc) is 3.05. The Balaban J connectivity index is 1.45. The van der Waals surface area contributed by atoms with Crippen molar-refractivity contribution in [1.29, 1.82) is 0 Å². The molecule has 0 radical (unpaired) electrons. The van der Waals surface area contributed by atoms with Crippen molar-refractivity contribution < 1.29 is 4.79 Å². The predicted molar refractivity (Wildman–Crippen MR) is 150 cm³/mol. The first-order valence-electron chi connectivity index (χ1n) is 12.9. The highest BCUT2D eigenvalue weighted by molar-refractivity contribution is 6.02. The number of hydrogen-bond acceptors (Lipinski definition) is 3. The van der Waals surface area contributed by atoms with Gasteiger partial charge in [0.15, 0.2) is 5.78 Å². The molecule has 0 amide bonds. The van der Waals surface area contributed by atoms with E-state index >= 15 is 0 Å². The lowest BCUT2D eigenvalue weighted by Gasteiger charge is -2.30. The van der Waals surface area contributed by atoms with Crippen LogP contribution in [0.2, 0.25) is 0 Å². The molecule has 0 saturated carbocycles. The molecule has 4 aromatic rings. The van der Waals surface area contributed by atoms with Gasteiger partial charge >= 0.3 is 0 Å². The topological polar surface area (TPSA) is 41.1 Å². The summed E-state index contributed by atoms with van der Waals surface area (Å²) in [6.07, 6.45) is 1.34. The van der Waals surface area contributed by atoms with Crippen LogP contribution in [0.4, 0.5) is 11.4 Å². The van der Waals surface area contributed by atoms with Crippen molar-refractivity contribution in [3.05, 3.63) is 119 Å². The van der Waals surface area contributed by atoms with Gasteiger partial charge in [0.2, 0.25) is 0 Å². The molecule has 0 fully saturated rings.